The molecule has 2 aromatic carbocycles. The molecule has 1 fully saturated rings. The Morgan fingerprint density at radius 1 is 1.03 bits per heavy atom. The molecule has 32 heavy (non-hydrogen) atoms. The van der Waals surface area contributed by atoms with Crippen LogP contribution in [0.5, 0.6) is 5.75 Å². The van der Waals surface area contributed by atoms with E-state index in [4.69, 9.17) is 11.6 Å². The number of nitrogens with one attached hydrogen (secondary N) is 2. The fourth-order valence-electron chi connectivity index (χ4n) is 3.56. The van der Waals surface area contributed by atoms with Gasteiger partial charge in [-0.05, 0) is 65.8 Å². The Hall–Kier alpha value is -2.27. The molecule has 1 saturated carbocycles. The largest absolute Gasteiger partial charge is 0.573 e. The Labute approximate surface area is 201 Å². The van der Waals surface area contributed by atoms with Gasteiger partial charge in [-0.25, -0.2) is 4.98 Å². The average Bonchev–Trinajstić information content (AvgIpc) is 3.22. The molecular weight excluding hydrogens is 556 g/mol. The van der Waals surface area contributed by atoms with Crippen molar-refractivity contribution in [1.82, 2.24) is 9.97 Å². The Kier molecular flexibility index (Phi) is 6.94. The van der Waals surface area contributed by atoms with Gasteiger partial charge in [-0.15, -0.1) is 13.2 Å². The number of rotatable bonds is 6. The first kappa shape index (κ1) is 22.9. The van der Waals surface area contributed by atoms with Crippen LogP contribution < -0.4 is 15.4 Å². The minimum Gasteiger partial charge on any atom is -0.406 e. The normalized spacial score (nSPS) is 14.4. The highest BCUT2D eigenvalue weighted by atomic mass is 127. The van der Waals surface area contributed by atoms with Crippen LogP contribution in [0.25, 0.3) is 11.3 Å². The lowest BCUT2D eigenvalue weighted by atomic mass is 10.1. The average molecular weight is 575 g/mol. The topological polar surface area (TPSA) is 59.1 Å². The van der Waals surface area contributed by atoms with Gasteiger partial charge in [-0.1, -0.05) is 36.6 Å². The summed E-state index contributed by atoms with van der Waals surface area (Å²) in [5.74, 6) is 0.565. The van der Waals surface area contributed by atoms with E-state index < -0.39 is 6.36 Å². The molecule has 1 heterocycles. The maximum absolute atomic E-state index is 12.7. The standard InChI is InChI=1S/C22H19ClF3IN4O/c23-17-11-14(27)8-9-18(17)29-20-12-19(30-21(31-20)28-15-5-1-2-6-15)13-4-3-7-16(10-13)32-22(24,25)26/h3-4,7-12,15H,1-2,5-6H2,(H2,28,29,30,31). The van der Waals surface area contributed by atoms with Gasteiger partial charge in [0.25, 0.3) is 0 Å². The SMILES string of the molecule is FC(F)(F)Oc1cccc(-c2cc(Nc3ccc(I)cc3Cl)nc(NC3CCCC3)n2)c1. The van der Waals surface area contributed by atoms with E-state index in [1.165, 1.54) is 18.2 Å². The zero-order chi connectivity index (χ0) is 22.7. The molecule has 0 atom stereocenters. The number of hydrogen-bond acceptors (Lipinski definition) is 5. The lowest BCUT2D eigenvalue weighted by Gasteiger charge is -2.16. The van der Waals surface area contributed by atoms with Gasteiger partial charge in [0.1, 0.15) is 11.6 Å². The van der Waals surface area contributed by atoms with E-state index in [9.17, 15) is 13.2 Å². The molecular formula is C22H19ClF3IN4O. The van der Waals surface area contributed by atoms with Crippen molar-refractivity contribution in [1.29, 1.82) is 0 Å². The van der Waals surface area contributed by atoms with E-state index in [-0.39, 0.29) is 11.8 Å². The van der Waals surface area contributed by atoms with E-state index in [1.807, 2.05) is 18.2 Å². The molecule has 0 radical (unpaired) electrons. The van der Waals surface area contributed by atoms with E-state index in [0.717, 1.165) is 29.3 Å². The molecule has 1 aliphatic rings. The van der Waals surface area contributed by atoms with Crippen molar-refractivity contribution < 1.29 is 17.9 Å². The van der Waals surface area contributed by atoms with Crippen LogP contribution in [0.2, 0.25) is 5.02 Å². The molecule has 0 bridgehead atoms. The zero-order valence-corrected chi connectivity index (χ0v) is 19.6. The van der Waals surface area contributed by atoms with Crippen LogP contribution in [0, 0.1) is 3.57 Å². The second-order valence-electron chi connectivity index (χ2n) is 7.41. The molecule has 0 saturated heterocycles. The van der Waals surface area contributed by atoms with Gasteiger partial charge < -0.3 is 15.4 Å². The Bertz CT molecular complexity index is 1110. The third-order valence-electron chi connectivity index (χ3n) is 4.97. The minimum atomic E-state index is -4.77. The Balaban J connectivity index is 1.69. The lowest BCUT2D eigenvalue weighted by Crippen LogP contribution is -2.17. The molecule has 2 N–H and O–H groups in total. The van der Waals surface area contributed by atoms with E-state index in [1.54, 1.807) is 12.1 Å². The number of hydrogen-bond donors (Lipinski definition) is 2. The van der Waals surface area contributed by atoms with E-state index >= 15 is 0 Å². The van der Waals surface area contributed by atoms with Gasteiger partial charge in [0.05, 0.1) is 16.4 Å². The number of halogens is 5. The maximum Gasteiger partial charge on any atom is 0.573 e. The van der Waals surface area contributed by atoms with Crippen LogP contribution >= 0.6 is 34.2 Å². The van der Waals surface area contributed by atoms with Gasteiger partial charge in [0, 0.05) is 21.2 Å². The summed E-state index contributed by atoms with van der Waals surface area (Å²) >= 11 is 8.52. The summed E-state index contributed by atoms with van der Waals surface area (Å²) in [6, 6.07) is 13.2. The molecule has 4 rings (SSSR count). The number of nitrogens with zero attached hydrogens (tertiary/aromatic N) is 2. The van der Waals surface area contributed by atoms with Crippen LogP contribution in [0.3, 0.4) is 0 Å². The first-order valence-corrected chi connectivity index (χ1v) is 11.4. The fraction of sp³-hybridized carbons (Fsp3) is 0.273. The van der Waals surface area contributed by atoms with Crippen molar-refractivity contribution >= 4 is 51.6 Å². The van der Waals surface area contributed by atoms with Crippen molar-refractivity contribution in [3.63, 3.8) is 0 Å². The summed E-state index contributed by atoms with van der Waals surface area (Å²) in [6.45, 7) is 0. The number of anilines is 3. The lowest BCUT2D eigenvalue weighted by molar-refractivity contribution is -0.274. The monoisotopic (exact) mass is 574 g/mol. The molecule has 1 aliphatic carbocycles. The number of alkyl halides is 3. The predicted octanol–water partition coefficient (Wildman–Crippen LogP) is 7.40. The highest BCUT2D eigenvalue weighted by molar-refractivity contribution is 14.1. The second kappa shape index (κ2) is 9.70. The highest BCUT2D eigenvalue weighted by Crippen LogP contribution is 2.32. The maximum atomic E-state index is 12.7. The zero-order valence-electron chi connectivity index (χ0n) is 16.7. The van der Waals surface area contributed by atoms with E-state index in [2.05, 4.69) is 47.9 Å². The third-order valence-corrected chi connectivity index (χ3v) is 5.96. The summed E-state index contributed by atoms with van der Waals surface area (Å²) in [5, 5.41) is 7.07. The summed E-state index contributed by atoms with van der Waals surface area (Å²) in [5.41, 5.74) is 1.59. The molecule has 0 aliphatic heterocycles. The van der Waals surface area contributed by atoms with Crippen molar-refractivity contribution in [2.75, 3.05) is 10.6 Å². The molecule has 168 valence electrons. The van der Waals surface area contributed by atoms with Crippen molar-refractivity contribution in [3.8, 4) is 17.0 Å². The van der Waals surface area contributed by atoms with Crippen LogP contribution in [0.4, 0.5) is 30.6 Å². The molecule has 0 unspecified atom stereocenters. The Morgan fingerprint density at radius 3 is 2.53 bits per heavy atom. The van der Waals surface area contributed by atoms with Gasteiger partial charge in [0.15, 0.2) is 0 Å². The van der Waals surface area contributed by atoms with Crippen molar-refractivity contribution in [2.24, 2.45) is 0 Å². The molecule has 5 nitrogen and oxygen atoms in total. The van der Waals surface area contributed by atoms with Crippen LogP contribution in [0.15, 0.2) is 48.5 Å². The summed E-state index contributed by atoms with van der Waals surface area (Å²) in [6.07, 6.45) is -0.453. The second-order valence-corrected chi connectivity index (χ2v) is 9.07. The van der Waals surface area contributed by atoms with Crippen molar-refractivity contribution in [3.05, 3.63) is 57.1 Å². The third kappa shape index (κ3) is 6.16. The molecule has 0 amide bonds. The number of aromatic nitrogens is 2. The predicted molar refractivity (Wildman–Crippen MR) is 127 cm³/mol. The smallest absolute Gasteiger partial charge is 0.406 e. The van der Waals surface area contributed by atoms with Crippen LogP contribution in [0.1, 0.15) is 25.7 Å². The van der Waals surface area contributed by atoms with Gasteiger partial charge >= 0.3 is 6.36 Å². The number of benzene rings is 2. The highest BCUT2D eigenvalue weighted by Gasteiger charge is 2.31. The van der Waals surface area contributed by atoms with Crippen molar-refractivity contribution in [2.45, 2.75) is 38.1 Å². The summed E-state index contributed by atoms with van der Waals surface area (Å²) in [4.78, 5) is 9.11. The molecule has 3 aromatic rings. The molecule has 1 aromatic heterocycles. The quantitative estimate of drug-likeness (QED) is 0.301. The summed E-state index contributed by atoms with van der Waals surface area (Å²) < 4.78 is 43.0. The molecule has 10 heteroatoms. The fourth-order valence-corrected chi connectivity index (χ4v) is 4.46. The first-order valence-electron chi connectivity index (χ1n) is 9.99. The van der Waals surface area contributed by atoms with Gasteiger partial charge in [0.2, 0.25) is 5.95 Å². The number of ether oxygens (including phenoxy) is 1. The first-order chi connectivity index (χ1) is 15.2. The minimum absolute atomic E-state index is 0.264. The Morgan fingerprint density at radius 2 is 1.81 bits per heavy atom. The van der Waals surface area contributed by atoms with Crippen LogP contribution in [-0.2, 0) is 0 Å². The van der Waals surface area contributed by atoms with Gasteiger partial charge in [-0.2, -0.15) is 4.98 Å². The molecule has 0 spiro atoms. The van der Waals surface area contributed by atoms with Crippen LogP contribution in [-0.4, -0.2) is 22.4 Å². The summed E-state index contributed by atoms with van der Waals surface area (Å²) in [7, 11) is 0. The van der Waals surface area contributed by atoms with Gasteiger partial charge in [-0.3, -0.25) is 0 Å². The van der Waals surface area contributed by atoms with E-state index in [0.29, 0.717) is 33.7 Å².